The van der Waals surface area contributed by atoms with Crippen LogP contribution in [-0.2, 0) is 44.4 Å². The van der Waals surface area contributed by atoms with Gasteiger partial charge in [0, 0.05) is 12.5 Å². The molecule has 2 heterocycles. The lowest BCUT2D eigenvalue weighted by molar-refractivity contribution is -0.502. The van der Waals surface area contributed by atoms with Crippen LogP contribution in [0.2, 0.25) is 0 Å². The summed E-state index contributed by atoms with van der Waals surface area (Å²) in [6.07, 6.45) is -2.52. The molecule has 20 heteroatoms. The first-order valence-corrected chi connectivity index (χ1v) is 12.2. The Kier molecular flexibility index (Phi) is 7.41. The molecule has 16 nitrogen and oxygen atoms in total. The Morgan fingerprint density at radius 2 is 1.86 bits per heavy atom. The fourth-order valence-electron chi connectivity index (χ4n) is 2.23. The van der Waals surface area contributed by atoms with Gasteiger partial charge in [-0.2, -0.15) is 8.62 Å². The molecule has 0 aliphatic carbocycles. The summed E-state index contributed by atoms with van der Waals surface area (Å²) in [6.45, 7) is -0.862. The van der Waals surface area contributed by atoms with Gasteiger partial charge in [-0.3, -0.25) is 4.52 Å². The van der Waals surface area contributed by atoms with Crippen molar-refractivity contribution in [1.29, 1.82) is 0 Å². The molecule has 2 unspecified atom stereocenters. The van der Waals surface area contributed by atoms with E-state index in [0.717, 1.165) is 4.57 Å². The van der Waals surface area contributed by atoms with Crippen molar-refractivity contribution in [3.05, 3.63) is 22.7 Å². The minimum absolute atomic E-state index is 0.0102. The maximum atomic E-state index is 12.1. The summed E-state index contributed by atoms with van der Waals surface area (Å²) in [4.78, 5) is 47.5. The van der Waals surface area contributed by atoms with Crippen LogP contribution in [0.25, 0.3) is 0 Å². The van der Waals surface area contributed by atoms with E-state index in [1.54, 1.807) is 0 Å². The maximum Gasteiger partial charge on any atom is 0.490 e. The first-order chi connectivity index (χ1) is 13.1. The second-order valence-electron chi connectivity index (χ2n) is 5.54. The third-order valence-corrected chi connectivity index (χ3v) is 7.54. The van der Waals surface area contributed by atoms with Crippen LogP contribution >= 0.6 is 23.5 Å². The molecule has 1 aliphatic heterocycles. The van der Waals surface area contributed by atoms with Gasteiger partial charge < -0.3 is 51.9 Å². The molecule has 2 rings (SSSR count). The summed E-state index contributed by atoms with van der Waals surface area (Å²) >= 11 is 4.78. The minimum atomic E-state index is -5.67. The summed E-state index contributed by atoms with van der Waals surface area (Å²) in [5.74, 6) is -0.0102. The number of rotatable bonds is 8. The van der Waals surface area contributed by atoms with Gasteiger partial charge in [0.2, 0.25) is 5.82 Å². The molecule has 0 radical (unpaired) electrons. The Labute approximate surface area is 167 Å². The molecule has 0 bridgehead atoms. The molecular weight excluding hydrogens is 483 g/mol. The maximum absolute atomic E-state index is 12.1. The molecule has 0 spiro atoms. The van der Waals surface area contributed by atoms with Gasteiger partial charge in [0.25, 0.3) is 0 Å². The van der Waals surface area contributed by atoms with Crippen molar-refractivity contribution in [2.75, 3.05) is 12.3 Å². The van der Waals surface area contributed by atoms with E-state index >= 15 is 0 Å². The minimum Gasteiger partial charge on any atom is -0.592 e. The summed E-state index contributed by atoms with van der Waals surface area (Å²) in [5, 5.41) is 10.00. The van der Waals surface area contributed by atoms with Crippen LogP contribution < -0.4 is 15.4 Å². The number of ether oxygens (including phenoxy) is 1. The lowest BCUT2D eigenvalue weighted by Crippen LogP contribution is -2.52. The van der Waals surface area contributed by atoms with Crippen molar-refractivity contribution < 1.29 is 60.2 Å². The van der Waals surface area contributed by atoms with E-state index in [0.29, 0.717) is 3.97 Å². The highest BCUT2D eigenvalue weighted by Crippen LogP contribution is 2.66. The van der Waals surface area contributed by atoms with Gasteiger partial charge in [-0.25, -0.2) is 23.1 Å². The van der Waals surface area contributed by atoms with Gasteiger partial charge in [-0.05, 0) is 0 Å². The Balaban J connectivity index is 2.02. The largest absolute Gasteiger partial charge is 0.592 e. The Morgan fingerprint density at radius 1 is 1.24 bits per heavy atom. The number of aliphatic hydroxyl groups is 1. The molecule has 7 N–H and O–H groups in total. The van der Waals surface area contributed by atoms with E-state index in [9.17, 15) is 28.5 Å². The third kappa shape index (κ3) is 6.87. The van der Waals surface area contributed by atoms with Gasteiger partial charge in [0.1, 0.15) is 6.10 Å². The smallest absolute Gasteiger partial charge is 0.490 e. The summed E-state index contributed by atoms with van der Waals surface area (Å²) in [5.41, 5.74) is 4.74. The van der Waals surface area contributed by atoms with Crippen LogP contribution in [0.1, 0.15) is 12.6 Å². The van der Waals surface area contributed by atoms with Crippen molar-refractivity contribution in [1.82, 2.24) is 4.57 Å². The number of nitrogens with zero attached hydrogens (tertiary/aromatic N) is 2. The average Bonchev–Trinajstić information content (AvgIpc) is 2.88. The topological polar surface area (TPSA) is 241 Å². The average molecular weight is 499 g/mol. The van der Waals surface area contributed by atoms with E-state index < -0.39 is 54.2 Å². The highest BCUT2D eigenvalue weighted by atomic mass is 32.1. The second-order valence-corrected chi connectivity index (χ2v) is 10.3. The number of hydrogen-bond acceptors (Lipinski definition) is 11. The zero-order chi connectivity index (χ0) is 22.2. The highest BCUT2D eigenvalue weighted by molar-refractivity contribution is 7.66. The van der Waals surface area contributed by atoms with Crippen LogP contribution in [-0.4, -0.2) is 48.1 Å². The Morgan fingerprint density at radius 3 is 2.45 bits per heavy atom. The quantitative estimate of drug-likeness (QED) is 0.129. The highest BCUT2D eigenvalue weighted by Gasteiger charge is 2.43. The first-order valence-electron chi connectivity index (χ1n) is 7.32. The van der Waals surface area contributed by atoms with Crippen molar-refractivity contribution in [2.45, 2.75) is 24.9 Å². The monoisotopic (exact) mass is 499 g/mol. The number of hydrogen-bond donors (Lipinski definition) is 6. The van der Waals surface area contributed by atoms with Gasteiger partial charge in [0.05, 0.1) is 18.9 Å². The fraction of sp³-hybridized carbons (Fsp3) is 0.556. The van der Waals surface area contributed by atoms with Gasteiger partial charge in [-0.1, -0.05) is 0 Å². The van der Waals surface area contributed by atoms with Gasteiger partial charge in [0.15, 0.2) is 6.23 Å². The zero-order valence-corrected chi connectivity index (χ0v) is 17.5. The van der Waals surface area contributed by atoms with Crippen molar-refractivity contribution in [2.24, 2.45) is 0 Å². The zero-order valence-electron chi connectivity index (χ0n) is 14.0. The van der Waals surface area contributed by atoms with E-state index in [2.05, 4.69) is 13.1 Å². The van der Waals surface area contributed by atoms with Gasteiger partial charge >= 0.3 is 29.2 Å². The molecule has 0 amide bonds. The molecule has 5 atom stereocenters. The normalized spacial score (nSPS) is 26.7. The molecule has 1 aromatic heterocycles. The van der Waals surface area contributed by atoms with Crippen molar-refractivity contribution in [3.8, 4) is 0 Å². The van der Waals surface area contributed by atoms with Gasteiger partial charge in [-0.15, -0.1) is 0 Å². The number of aromatic nitrogens is 2. The Bertz CT molecular complexity index is 965. The molecule has 166 valence electrons. The molecule has 1 saturated heterocycles. The molecule has 29 heavy (non-hydrogen) atoms. The van der Waals surface area contributed by atoms with Crippen molar-refractivity contribution in [3.63, 3.8) is 0 Å². The van der Waals surface area contributed by atoms with Crippen LogP contribution in [0.15, 0.2) is 17.1 Å². The first kappa shape index (κ1) is 24.5. The van der Waals surface area contributed by atoms with E-state index in [1.807, 2.05) is 0 Å². The number of nitrogen functional groups attached to an aromatic ring is 1. The van der Waals surface area contributed by atoms with Crippen molar-refractivity contribution >= 4 is 42.1 Å². The SMILES string of the molecule is Nc1ccn([C@H]2C[C@H](O)[C@@H](COP(=O)(O)OP(=O)(O)OP(=O)(O)O)O2)c(=O)[n+]1[S-]. The summed E-state index contributed by atoms with van der Waals surface area (Å²) in [7, 11) is -16.6. The molecule has 1 aromatic rings. The molecular formula is C9H16N3O13P3S. The van der Waals surface area contributed by atoms with Crippen LogP contribution in [0, 0.1) is 0 Å². The number of nitrogens with two attached hydrogens (primary N) is 1. The number of phosphoric ester groups is 1. The fourth-order valence-corrected chi connectivity index (χ4v) is 5.41. The van der Waals surface area contributed by atoms with Crippen LogP contribution in [0.3, 0.4) is 0 Å². The predicted octanol–water partition coefficient (Wildman–Crippen LogP) is -1.98. The molecule has 1 fully saturated rings. The Hall–Kier alpha value is -0.770. The second kappa shape index (κ2) is 8.77. The van der Waals surface area contributed by atoms with Crippen LogP contribution in [0.4, 0.5) is 5.82 Å². The molecule has 0 saturated carbocycles. The predicted molar refractivity (Wildman–Crippen MR) is 92.4 cm³/mol. The van der Waals surface area contributed by atoms with E-state index in [1.165, 1.54) is 12.3 Å². The lowest BCUT2D eigenvalue weighted by Gasteiger charge is -2.19. The lowest BCUT2D eigenvalue weighted by atomic mass is 10.2. The standard InChI is InChI=1S/C9H16N3O13P3S/c10-7-1-2-11(9(14)12(7)29)8-3-5(13)6(23-8)4-22-27(18,19)25-28(20,21)24-26(15,16)17/h1-2,5-6,8,13H,3-4,10H2,(H,18,19)(H,20,21)(H2,15,16,17)/t5-,6+,8+/m0/s1. The van der Waals surface area contributed by atoms with Crippen LogP contribution in [0.5, 0.6) is 0 Å². The van der Waals surface area contributed by atoms with E-state index in [4.69, 9.17) is 38.0 Å². The summed E-state index contributed by atoms with van der Waals surface area (Å²) in [6, 6.07) is 1.31. The number of phosphoric acid groups is 3. The number of aliphatic hydroxyl groups excluding tert-OH is 1. The molecule has 1 aliphatic rings. The summed E-state index contributed by atoms with van der Waals surface area (Å²) < 4.78 is 52.1. The number of anilines is 1. The molecule has 0 aromatic carbocycles. The third-order valence-electron chi connectivity index (χ3n) is 3.37. The van der Waals surface area contributed by atoms with E-state index in [-0.39, 0.29) is 12.2 Å².